The van der Waals surface area contributed by atoms with Gasteiger partial charge in [0.2, 0.25) is 5.91 Å². The van der Waals surface area contributed by atoms with Crippen molar-refractivity contribution >= 4 is 29.4 Å². The molecule has 1 amide bonds. The molecule has 7 heteroatoms. The highest BCUT2D eigenvalue weighted by Crippen LogP contribution is 2.52. The highest BCUT2D eigenvalue weighted by atomic mass is 32.2. The fraction of sp³-hybridized carbons (Fsp3) is 0.706. The number of carboxylic acid groups (broad SMARTS) is 1. The molecule has 3 heterocycles. The van der Waals surface area contributed by atoms with E-state index in [1.165, 1.54) is 11.8 Å². The normalized spacial score (nSPS) is 33.5. The minimum Gasteiger partial charge on any atom is -0.477 e. The highest BCUT2D eigenvalue weighted by molar-refractivity contribution is 8.03. The molecule has 2 saturated heterocycles. The Morgan fingerprint density at radius 3 is 2.71 bits per heavy atom. The van der Waals surface area contributed by atoms with Crippen molar-refractivity contribution in [1.82, 2.24) is 10.2 Å². The van der Waals surface area contributed by atoms with Crippen LogP contribution in [-0.4, -0.2) is 52.0 Å². The predicted molar refractivity (Wildman–Crippen MR) is 91.3 cm³/mol. The Hall–Kier alpha value is -1.34. The van der Waals surface area contributed by atoms with Crippen LogP contribution in [0.25, 0.3) is 0 Å². The zero-order valence-corrected chi connectivity index (χ0v) is 15.1. The zero-order valence-electron chi connectivity index (χ0n) is 14.2. The number of nitrogens with zero attached hydrogens (tertiary/aromatic N) is 1. The quantitative estimate of drug-likeness (QED) is 0.704. The summed E-state index contributed by atoms with van der Waals surface area (Å²) in [4.78, 5) is 38.1. The Kier molecular flexibility index (Phi) is 4.75. The lowest BCUT2D eigenvalue weighted by atomic mass is 9.73. The second kappa shape index (κ2) is 6.52. The molecule has 3 aliphatic rings. The summed E-state index contributed by atoms with van der Waals surface area (Å²) < 4.78 is 0. The molecule has 0 aromatic rings. The molecule has 0 spiro atoms. The Morgan fingerprint density at radius 1 is 1.46 bits per heavy atom. The van der Waals surface area contributed by atoms with Crippen LogP contribution in [0.1, 0.15) is 33.6 Å². The van der Waals surface area contributed by atoms with Gasteiger partial charge in [-0.2, -0.15) is 0 Å². The van der Waals surface area contributed by atoms with Crippen molar-refractivity contribution in [2.75, 3.05) is 13.1 Å². The van der Waals surface area contributed by atoms with Gasteiger partial charge in [0.15, 0.2) is 0 Å². The van der Waals surface area contributed by atoms with Gasteiger partial charge in [-0.3, -0.25) is 4.79 Å². The van der Waals surface area contributed by atoms with Gasteiger partial charge in [0.05, 0.1) is 12.0 Å². The number of carboxylic acids is 1. The molecule has 132 valence electrons. The molecule has 3 rings (SSSR count). The van der Waals surface area contributed by atoms with E-state index in [9.17, 15) is 19.5 Å². The van der Waals surface area contributed by atoms with E-state index in [1.54, 1.807) is 11.8 Å². The Morgan fingerprint density at radius 2 is 2.17 bits per heavy atom. The van der Waals surface area contributed by atoms with Gasteiger partial charge in [0, 0.05) is 29.0 Å². The molecule has 0 bridgehead atoms. The molecular weight excluding hydrogens is 328 g/mol. The maximum absolute atomic E-state index is 12.6. The van der Waals surface area contributed by atoms with Gasteiger partial charge in [-0.15, -0.1) is 11.8 Å². The van der Waals surface area contributed by atoms with E-state index >= 15 is 0 Å². The number of Topliss-reactive ketones (excluding diaryl/α,β-unsaturated/α-hetero) is 1. The lowest BCUT2D eigenvalue weighted by molar-refractivity contribution is -0.160. The first kappa shape index (κ1) is 17.5. The maximum atomic E-state index is 12.6. The molecule has 0 saturated carbocycles. The fourth-order valence-corrected chi connectivity index (χ4v) is 5.70. The van der Waals surface area contributed by atoms with Crippen molar-refractivity contribution in [3.05, 3.63) is 10.6 Å². The smallest absolute Gasteiger partial charge is 0.353 e. The largest absolute Gasteiger partial charge is 0.477 e. The molecular formula is C17H24N2O4S. The number of hydrogen-bond donors (Lipinski definition) is 2. The molecule has 6 nitrogen and oxygen atoms in total. The van der Waals surface area contributed by atoms with Gasteiger partial charge >= 0.3 is 5.97 Å². The standard InChI is InChI=1S/C17H24N2O4S/c1-8(6-9(2)20)12-13-10(3)15(24-11-4-5-18-7-11)14(17(22)23)19(13)16(12)21/h8,10-13,18H,4-7H2,1-3H3,(H,22,23)/t8-,10+,11-,12+,13-/m0/s1. The molecule has 3 aliphatic heterocycles. The van der Waals surface area contributed by atoms with Crippen LogP contribution >= 0.6 is 11.8 Å². The number of aliphatic carboxylic acids is 1. The van der Waals surface area contributed by atoms with E-state index < -0.39 is 5.97 Å². The summed E-state index contributed by atoms with van der Waals surface area (Å²) in [6.45, 7) is 7.28. The van der Waals surface area contributed by atoms with E-state index in [0.29, 0.717) is 11.7 Å². The van der Waals surface area contributed by atoms with Crippen LogP contribution in [0.5, 0.6) is 0 Å². The van der Waals surface area contributed by atoms with Crippen molar-refractivity contribution in [3.8, 4) is 0 Å². The van der Waals surface area contributed by atoms with E-state index in [2.05, 4.69) is 5.32 Å². The number of amides is 1. The first-order valence-corrected chi connectivity index (χ1v) is 9.38. The molecule has 0 aromatic heterocycles. The number of hydrogen-bond acceptors (Lipinski definition) is 5. The molecule has 2 fully saturated rings. The molecule has 0 aromatic carbocycles. The maximum Gasteiger partial charge on any atom is 0.353 e. The number of carbonyl (C=O) groups excluding carboxylic acids is 2. The molecule has 0 unspecified atom stereocenters. The van der Waals surface area contributed by atoms with Gasteiger partial charge in [0.1, 0.15) is 11.5 Å². The van der Waals surface area contributed by atoms with Crippen molar-refractivity contribution < 1.29 is 19.5 Å². The van der Waals surface area contributed by atoms with Crippen molar-refractivity contribution in [1.29, 1.82) is 0 Å². The third-order valence-electron chi connectivity index (χ3n) is 5.32. The summed E-state index contributed by atoms with van der Waals surface area (Å²) in [6.07, 6.45) is 1.38. The Balaban J connectivity index is 1.84. The average Bonchev–Trinajstić information content (AvgIpc) is 3.06. The van der Waals surface area contributed by atoms with Gasteiger partial charge in [-0.05, 0) is 25.8 Å². The highest BCUT2D eigenvalue weighted by Gasteiger charge is 2.60. The van der Waals surface area contributed by atoms with Crippen LogP contribution in [-0.2, 0) is 14.4 Å². The lowest BCUT2D eigenvalue weighted by Crippen LogP contribution is -2.62. The summed E-state index contributed by atoms with van der Waals surface area (Å²) >= 11 is 1.61. The Labute approximate surface area is 146 Å². The minimum atomic E-state index is -1.02. The monoisotopic (exact) mass is 352 g/mol. The van der Waals surface area contributed by atoms with Gasteiger partial charge in [0.25, 0.3) is 0 Å². The molecule has 0 aliphatic carbocycles. The summed E-state index contributed by atoms with van der Waals surface area (Å²) in [5.41, 5.74) is 0.167. The summed E-state index contributed by atoms with van der Waals surface area (Å²) in [7, 11) is 0. The number of nitrogens with one attached hydrogen (secondary N) is 1. The fourth-order valence-electron chi connectivity index (χ4n) is 4.26. The molecule has 0 radical (unpaired) electrons. The SMILES string of the molecule is CC(=O)C[C@H](C)[C@H]1C(=O)N2C(C(=O)O)=C(S[C@H]3CCNC3)[C@H](C)[C@@H]12. The predicted octanol–water partition coefficient (Wildman–Crippen LogP) is 1.47. The van der Waals surface area contributed by atoms with Crippen LogP contribution in [0.4, 0.5) is 0 Å². The lowest BCUT2D eigenvalue weighted by Gasteiger charge is -2.47. The van der Waals surface area contributed by atoms with E-state index in [-0.39, 0.29) is 41.2 Å². The number of fused-ring (bicyclic) bond motifs is 1. The first-order valence-electron chi connectivity index (χ1n) is 8.50. The second-order valence-corrected chi connectivity index (χ2v) is 8.49. The van der Waals surface area contributed by atoms with Crippen LogP contribution in [0, 0.1) is 17.8 Å². The number of ketones is 1. The summed E-state index contributed by atoms with van der Waals surface area (Å²) in [6, 6.07) is -0.116. The van der Waals surface area contributed by atoms with Crippen molar-refractivity contribution in [3.63, 3.8) is 0 Å². The second-order valence-electron chi connectivity index (χ2n) is 7.15. The van der Waals surface area contributed by atoms with E-state index in [1.807, 2.05) is 13.8 Å². The van der Waals surface area contributed by atoms with Crippen LogP contribution in [0.2, 0.25) is 0 Å². The molecule has 24 heavy (non-hydrogen) atoms. The average molecular weight is 352 g/mol. The zero-order chi connectivity index (χ0) is 17.6. The van der Waals surface area contributed by atoms with Crippen molar-refractivity contribution in [2.45, 2.75) is 44.9 Å². The topological polar surface area (TPSA) is 86.7 Å². The van der Waals surface area contributed by atoms with Gasteiger partial charge in [-0.1, -0.05) is 13.8 Å². The van der Waals surface area contributed by atoms with Crippen LogP contribution < -0.4 is 5.32 Å². The molecule has 2 N–H and O–H groups in total. The van der Waals surface area contributed by atoms with E-state index in [0.717, 1.165) is 24.4 Å². The number of rotatable bonds is 6. The van der Waals surface area contributed by atoms with E-state index in [4.69, 9.17) is 0 Å². The van der Waals surface area contributed by atoms with Crippen LogP contribution in [0.15, 0.2) is 10.6 Å². The number of thioether (sulfide) groups is 1. The third kappa shape index (κ3) is 2.77. The summed E-state index contributed by atoms with van der Waals surface area (Å²) in [5.74, 6) is -1.39. The van der Waals surface area contributed by atoms with Crippen LogP contribution in [0.3, 0.4) is 0 Å². The van der Waals surface area contributed by atoms with Gasteiger partial charge in [-0.25, -0.2) is 4.79 Å². The summed E-state index contributed by atoms with van der Waals surface area (Å²) in [5, 5.41) is 13.3. The van der Waals surface area contributed by atoms with Gasteiger partial charge < -0.3 is 20.1 Å². The Bertz CT molecular complexity index is 612. The minimum absolute atomic E-state index is 0.0128. The molecule has 5 atom stereocenters. The number of β-lactam (4-membered cyclic amide) rings is 1. The number of carbonyl (C=O) groups is 3. The first-order chi connectivity index (χ1) is 11.3. The third-order valence-corrected chi connectivity index (χ3v) is 6.88. The van der Waals surface area contributed by atoms with Crippen molar-refractivity contribution in [2.24, 2.45) is 17.8 Å².